The number of aryl methyl sites for hydroxylation is 1. The molecule has 1 fully saturated rings. The highest BCUT2D eigenvalue weighted by Gasteiger charge is 2.20. The van der Waals surface area contributed by atoms with Crippen LogP contribution < -0.4 is 10.6 Å². The molecule has 2 N–H and O–H groups in total. The topological polar surface area (TPSA) is 52.6 Å². The second kappa shape index (κ2) is 12.0. The van der Waals surface area contributed by atoms with Crippen LogP contribution in [0.1, 0.15) is 29.5 Å². The molecule has 0 bridgehead atoms. The Labute approximate surface area is 186 Å². The summed E-state index contributed by atoms with van der Waals surface area (Å²) < 4.78 is 0. The average Bonchev–Trinajstić information content (AvgIpc) is 2.70. The van der Waals surface area contributed by atoms with Crippen molar-refractivity contribution in [1.29, 1.82) is 0 Å². The summed E-state index contributed by atoms with van der Waals surface area (Å²) in [5, 5.41) is 7.06. The SMILES string of the molecule is CN=C(NCCc1ccncc1C)NC1CCCN(Cc2ccccc2)C1.I. The maximum Gasteiger partial charge on any atom is 0.191 e. The van der Waals surface area contributed by atoms with Gasteiger partial charge in [-0.25, -0.2) is 0 Å². The summed E-state index contributed by atoms with van der Waals surface area (Å²) in [7, 11) is 1.84. The van der Waals surface area contributed by atoms with Gasteiger partial charge in [0, 0.05) is 45.1 Å². The van der Waals surface area contributed by atoms with Gasteiger partial charge in [0.05, 0.1) is 0 Å². The molecule has 1 aromatic heterocycles. The fourth-order valence-corrected chi connectivity index (χ4v) is 3.64. The van der Waals surface area contributed by atoms with Gasteiger partial charge in [-0.15, -0.1) is 24.0 Å². The van der Waals surface area contributed by atoms with Crippen molar-refractivity contribution in [1.82, 2.24) is 20.5 Å². The molecule has 0 radical (unpaired) electrons. The lowest BCUT2D eigenvalue weighted by atomic mass is 10.0. The molecule has 0 spiro atoms. The minimum absolute atomic E-state index is 0. The Balaban J connectivity index is 0.00000280. The van der Waals surface area contributed by atoms with Crippen molar-refractivity contribution < 1.29 is 0 Å². The van der Waals surface area contributed by atoms with E-state index in [9.17, 15) is 0 Å². The third kappa shape index (κ3) is 7.05. The molecule has 3 rings (SSSR count). The number of rotatable bonds is 6. The molecule has 2 heterocycles. The van der Waals surface area contributed by atoms with E-state index < -0.39 is 0 Å². The number of nitrogens with zero attached hydrogens (tertiary/aromatic N) is 3. The molecule has 1 saturated heterocycles. The van der Waals surface area contributed by atoms with Crippen LogP contribution in [0.5, 0.6) is 0 Å². The molecule has 1 aliphatic rings. The van der Waals surface area contributed by atoms with Gasteiger partial charge in [-0.2, -0.15) is 0 Å². The fraction of sp³-hybridized carbons (Fsp3) is 0.455. The fourth-order valence-electron chi connectivity index (χ4n) is 3.64. The molecule has 1 aliphatic heterocycles. The highest BCUT2D eigenvalue weighted by molar-refractivity contribution is 14.0. The Hall–Kier alpha value is -1.67. The molecule has 6 heteroatoms. The third-order valence-electron chi connectivity index (χ3n) is 5.14. The molecule has 1 aromatic carbocycles. The van der Waals surface area contributed by atoms with E-state index in [1.807, 2.05) is 19.4 Å². The summed E-state index contributed by atoms with van der Waals surface area (Å²) >= 11 is 0. The van der Waals surface area contributed by atoms with E-state index in [4.69, 9.17) is 0 Å². The number of halogens is 1. The standard InChI is InChI=1S/C22H31N5.HI/c1-18-15-24-12-10-20(18)11-13-25-22(23-2)26-21-9-6-14-27(17-21)16-19-7-4-3-5-8-19;/h3-5,7-8,10,12,15,21H,6,9,11,13-14,16-17H2,1-2H3,(H2,23,25,26);1H. The number of aliphatic imine (C=N–C) groups is 1. The number of likely N-dealkylation sites (tertiary alicyclic amines) is 1. The first-order chi connectivity index (χ1) is 13.2. The van der Waals surface area contributed by atoms with Crippen LogP contribution in [0.3, 0.4) is 0 Å². The minimum Gasteiger partial charge on any atom is -0.356 e. The van der Waals surface area contributed by atoms with E-state index in [1.165, 1.54) is 36.1 Å². The van der Waals surface area contributed by atoms with Gasteiger partial charge in [-0.3, -0.25) is 14.9 Å². The quantitative estimate of drug-likeness (QED) is 0.368. The van der Waals surface area contributed by atoms with Gasteiger partial charge in [0.25, 0.3) is 0 Å². The van der Waals surface area contributed by atoms with Crippen molar-refractivity contribution in [3.63, 3.8) is 0 Å². The van der Waals surface area contributed by atoms with Crippen LogP contribution in [0.25, 0.3) is 0 Å². The number of aromatic nitrogens is 1. The zero-order valence-corrected chi connectivity index (χ0v) is 19.2. The maximum absolute atomic E-state index is 4.41. The summed E-state index contributed by atoms with van der Waals surface area (Å²) in [6, 6.07) is 13.3. The van der Waals surface area contributed by atoms with Crippen molar-refractivity contribution in [2.75, 3.05) is 26.7 Å². The lowest BCUT2D eigenvalue weighted by molar-refractivity contribution is 0.192. The molecule has 0 aliphatic carbocycles. The van der Waals surface area contributed by atoms with Crippen molar-refractivity contribution in [3.05, 3.63) is 65.5 Å². The summed E-state index contributed by atoms with van der Waals surface area (Å²) in [5.74, 6) is 0.897. The van der Waals surface area contributed by atoms with Crippen LogP contribution in [-0.4, -0.2) is 48.6 Å². The number of nitrogens with one attached hydrogen (secondary N) is 2. The van der Waals surface area contributed by atoms with Gasteiger partial charge in [0.1, 0.15) is 0 Å². The Morgan fingerprint density at radius 1 is 1.25 bits per heavy atom. The molecule has 1 unspecified atom stereocenters. The summed E-state index contributed by atoms with van der Waals surface area (Å²) in [6.45, 7) is 6.22. The number of piperidine rings is 1. The van der Waals surface area contributed by atoms with Crippen molar-refractivity contribution in [2.24, 2.45) is 4.99 Å². The van der Waals surface area contributed by atoms with Gasteiger partial charge >= 0.3 is 0 Å². The van der Waals surface area contributed by atoms with Crippen LogP contribution in [0.2, 0.25) is 0 Å². The summed E-state index contributed by atoms with van der Waals surface area (Å²) in [5.41, 5.74) is 3.96. The molecule has 1 atom stereocenters. The van der Waals surface area contributed by atoms with E-state index in [0.29, 0.717) is 6.04 Å². The first-order valence-electron chi connectivity index (χ1n) is 9.87. The molecular weight excluding hydrogens is 461 g/mol. The maximum atomic E-state index is 4.41. The van der Waals surface area contributed by atoms with E-state index in [0.717, 1.165) is 32.0 Å². The lowest BCUT2D eigenvalue weighted by Gasteiger charge is -2.34. The summed E-state index contributed by atoms with van der Waals surface area (Å²) in [6.07, 6.45) is 7.16. The second-order valence-electron chi connectivity index (χ2n) is 7.26. The molecule has 0 amide bonds. The number of hydrogen-bond donors (Lipinski definition) is 2. The van der Waals surface area contributed by atoms with E-state index in [2.05, 4.69) is 68.8 Å². The van der Waals surface area contributed by atoms with Crippen molar-refractivity contribution >= 4 is 29.9 Å². The van der Waals surface area contributed by atoms with Gasteiger partial charge in [-0.05, 0) is 55.5 Å². The monoisotopic (exact) mass is 493 g/mol. The van der Waals surface area contributed by atoms with Gasteiger partial charge in [0.15, 0.2) is 5.96 Å². The summed E-state index contributed by atoms with van der Waals surface area (Å²) in [4.78, 5) is 11.1. The number of pyridine rings is 1. The van der Waals surface area contributed by atoms with Crippen LogP contribution in [0, 0.1) is 6.92 Å². The number of benzene rings is 1. The first kappa shape index (κ1) is 22.6. The third-order valence-corrected chi connectivity index (χ3v) is 5.14. The molecular formula is C22H32IN5. The van der Waals surface area contributed by atoms with Crippen LogP contribution in [0.15, 0.2) is 53.8 Å². The van der Waals surface area contributed by atoms with Gasteiger partial charge in [0.2, 0.25) is 0 Å². The molecule has 2 aromatic rings. The van der Waals surface area contributed by atoms with E-state index >= 15 is 0 Å². The predicted octanol–water partition coefficient (Wildman–Crippen LogP) is 3.38. The lowest BCUT2D eigenvalue weighted by Crippen LogP contribution is -2.51. The van der Waals surface area contributed by atoms with Gasteiger partial charge in [-0.1, -0.05) is 30.3 Å². The second-order valence-corrected chi connectivity index (χ2v) is 7.26. The van der Waals surface area contributed by atoms with E-state index in [-0.39, 0.29) is 24.0 Å². The highest BCUT2D eigenvalue weighted by atomic mass is 127. The minimum atomic E-state index is 0. The van der Waals surface area contributed by atoms with Crippen LogP contribution in [0.4, 0.5) is 0 Å². The van der Waals surface area contributed by atoms with Crippen molar-refractivity contribution in [2.45, 2.75) is 38.8 Å². The molecule has 152 valence electrons. The van der Waals surface area contributed by atoms with Crippen LogP contribution >= 0.6 is 24.0 Å². The molecule has 5 nitrogen and oxygen atoms in total. The Kier molecular flexibility index (Phi) is 9.70. The number of guanidine groups is 1. The smallest absolute Gasteiger partial charge is 0.191 e. The Morgan fingerprint density at radius 3 is 2.82 bits per heavy atom. The molecule has 0 saturated carbocycles. The molecule has 28 heavy (non-hydrogen) atoms. The Bertz CT molecular complexity index is 735. The zero-order valence-electron chi connectivity index (χ0n) is 16.9. The predicted molar refractivity (Wildman–Crippen MR) is 127 cm³/mol. The van der Waals surface area contributed by atoms with Gasteiger partial charge < -0.3 is 10.6 Å². The first-order valence-corrected chi connectivity index (χ1v) is 9.87. The van der Waals surface area contributed by atoms with Crippen LogP contribution in [-0.2, 0) is 13.0 Å². The average molecular weight is 493 g/mol. The number of hydrogen-bond acceptors (Lipinski definition) is 3. The highest BCUT2D eigenvalue weighted by Crippen LogP contribution is 2.13. The largest absolute Gasteiger partial charge is 0.356 e. The normalized spacial score (nSPS) is 17.6. The van der Waals surface area contributed by atoms with E-state index in [1.54, 1.807) is 0 Å². The Morgan fingerprint density at radius 2 is 2.07 bits per heavy atom. The van der Waals surface area contributed by atoms with Crippen molar-refractivity contribution in [3.8, 4) is 0 Å². The zero-order chi connectivity index (χ0) is 18.9.